The van der Waals surface area contributed by atoms with Crippen molar-refractivity contribution < 1.29 is 22.5 Å². The molecule has 0 aromatic rings. The largest absolute Gasteiger partial charge is 0.452 e. The molecule has 0 aromatic heterocycles. The maximum Gasteiger partial charge on any atom is 0.367 e. The first-order valence-corrected chi connectivity index (χ1v) is 11.6. The third kappa shape index (κ3) is 16.6. The summed E-state index contributed by atoms with van der Waals surface area (Å²) in [6, 6.07) is 0. The predicted octanol–water partition coefficient (Wildman–Crippen LogP) is 5.44. The van der Waals surface area contributed by atoms with Gasteiger partial charge < -0.3 is 4.74 Å². The van der Waals surface area contributed by atoms with Gasteiger partial charge in [-0.05, 0) is 38.5 Å². The maximum absolute atomic E-state index is 11.7. The first-order valence-electron chi connectivity index (χ1n) is 8.97. The van der Waals surface area contributed by atoms with Crippen LogP contribution < -0.4 is 0 Å². The van der Waals surface area contributed by atoms with Gasteiger partial charge in [-0.3, -0.25) is 4.55 Å². The fourth-order valence-electron chi connectivity index (χ4n) is 2.40. The van der Waals surface area contributed by atoms with Gasteiger partial charge in [-0.2, -0.15) is 8.42 Å². The van der Waals surface area contributed by atoms with Gasteiger partial charge in [0.1, 0.15) is 5.60 Å². The minimum absolute atomic E-state index is 0.00573. The summed E-state index contributed by atoms with van der Waals surface area (Å²) in [6.45, 7) is 5.97. The first-order chi connectivity index (χ1) is 11.2. The van der Waals surface area contributed by atoms with E-state index < -0.39 is 26.8 Å². The lowest BCUT2D eigenvalue weighted by molar-refractivity contribution is 0.0494. The van der Waals surface area contributed by atoms with Gasteiger partial charge in [-0.25, -0.2) is 4.79 Å². The Morgan fingerprint density at radius 1 is 1.00 bits per heavy atom. The lowest BCUT2D eigenvalue weighted by Gasteiger charge is -2.24. The van der Waals surface area contributed by atoms with Crippen molar-refractivity contribution >= 4 is 27.2 Å². The minimum Gasteiger partial charge on any atom is -0.452 e. The lowest BCUT2D eigenvalue weighted by Crippen LogP contribution is -2.26. The number of carbonyl (C=O) groups excluding carboxylic acids is 1. The van der Waals surface area contributed by atoms with E-state index in [2.05, 4.69) is 6.92 Å². The van der Waals surface area contributed by atoms with Crippen LogP contribution in [-0.4, -0.2) is 35.4 Å². The van der Waals surface area contributed by atoms with Crippen LogP contribution in [0.25, 0.3) is 0 Å². The Bertz CT molecular complexity index is 432. The summed E-state index contributed by atoms with van der Waals surface area (Å²) >= 11 is 0.787. The Morgan fingerprint density at radius 3 is 2.00 bits per heavy atom. The molecule has 0 bridgehead atoms. The van der Waals surface area contributed by atoms with Crippen molar-refractivity contribution in [3.8, 4) is 0 Å². The van der Waals surface area contributed by atoms with Crippen molar-refractivity contribution in [2.75, 3.05) is 11.5 Å². The van der Waals surface area contributed by atoms with Crippen molar-refractivity contribution in [2.45, 2.75) is 90.6 Å². The van der Waals surface area contributed by atoms with Gasteiger partial charge in [0.15, 0.2) is 0 Å². The average Bonchev–Trinajstić information content (AvgIpc) is 2.43. The Balaban J connectivity index is 3.68. The molecule has 0 fully saturated rings. The molecule has 0 saturated carbocycles. The number of unbranched alkanes of at least 4 members (excludes halogenated alkanes) is 8. The zero-order valence-corrected chi connectivity index (χ0v) is 17.0. The van der Waals surface area contributed by atoms with Gasteiger partial charge in [-0.15, -0.1) is 0 Å². The van der Waals surface area contributed by atoms with Crippen molar-refractivity contribution in [1.82, 2.24) is 0 Å². The van der Waals surface area contributed by atoms with E-state index in [1.54, 1.807) is 0 Å². The van der Waals surface area contributed by atoms with E-state index in [9.17, 15) is 13.2 Å². The van der Waals surface area contributed by atoms with Crippen LogP contribution in [0.4, 0.5) is 4.79 Å². The van der Waals surface area contributed by atoms with E-state index in [-0.39, 0.29) is 5.75 Å². The highest BCUT2D eigenvalue weighted by Gasteiger charge is 2.22. The van der Waals surface area contributed by atoms with Gasteiger partial charge >= 0.3 is 5.30 Å². The van der Waals surface area contributed by atoms with Crippen LogP contribution in [-0.2, 0) is 14.9 Å². The summed E-state index contributed by atoms with van der Waals surface area (Å²) in [5.74, 6) is -0.433. The third-order valence-electron chi connectivity index (χ3n) is 3.80. The van der Waals surface area contributed by atoms with Crippen LogP contribution in [0.15, 0.2) is 0 Å². The van der Waals surface area contributed by atoms with Gasteiger partial charge in [0.2, 0.25) is 0 Å². The molecule has 7 heteroatoms. The standard InChI is InChI=1S/C17H34O5S2/c1-4-5-6-7-8-9-10-11-12-13-17(2,3)22-16(18)23-14-15-24(19,20)21/h4-15H2,1-3H3,(H,19,20,21). The fraction of sp³-hybridized carbons (Fsp3) is 0.941. The molecule has 144 valence electrons. The highest BCUT2D eigenvalue weighted by Crippen LogP contribution is 2.22. The maximum atomic E-state index is 11.7. The Morgan fingerprint density at radius 2 is 1.50 bits per heavy atom. The number of hydrogen-bond donors (Lipinski definition) is 1. The summed E-state index contributed by atoms with van der Waals surface area (Å²) in [5.41, 5.74) is -0.538. The molecule has 0 aliphatic heterocycles. The average molecular weight is 383 g/mol. The molecular formula is C17H34O5S2. The zero-order chi connectivity index (χ0) is 18.5. The molecule has 1 N–H and O–H groups in total. The van der Waals surface area contributed by atoms with Crippen molar-refractivity contribution in [3.05, 3.63) is 0 Å². The first kappa shape index (κ1) is 23.7. The fourth-order valence-corrected chi connectivity index (χ4v) is 4.02. The quantitative estimate of drug-likeness (QED) is 0.245. The Labute approximate surface area is 152 Å². The molecule has 0 aromatic carbocycles. The molecule has 24 heavy (non-hydrogen) atoms. The Kier molecular flexibility index (Phi) is 12.9. The molecule has 0 heterocycles. The van der Waals surface area contributed by atoms with Gasteiger partial charge in [0, 0.05) is 5.75 Å². The minimum atomic E-state index is -4.02. The summed E-state index contributed by atoms with van der Waals surface area (Å²) in [6.07, 6.45) is 12.1. The van der Waals surface area contributed by atoms with E-state index in [0.717, 1.165) is 31.0 Å². The Hall–Kier alpha value is -0.270. The number of carbonyl (C=O) groups is 1. The molecule has 0 radical (unpaired) electrons. The van der Waals surface area contributed by atoms with Crippen molar-refractivity contribution in [3.63, 3.8) is 0 Å². The molecule has 0 unspecified atom stereocenters. The summed E-state index contributed by atoms with van der Waals surface area (Å²) in [5, 5.41) is -0.487. The predicted molar refractivity (Wildman–Crippen MR) is 101 cm³/mol. The number of ether oxygens (including phenoxy) is 1. The summed E-state index contributed by atoms with van der Waals surface area (Å²) in [7, 11) is -4.02. The molecule has 0 aliphatic rings. The van der Waals surface area contributed by atoms with Crippen LogP contribution in [0, 0.1) is 0 Å². The van der Waals surface area contributed by atoms with E-state index >= 15 is 0 Å². The summed E-state index contributed by atoms with van der Waals surface area (Å²) < 4.78 is 35.2. The van der Waals surface area contributed by atoms with Gasteiger partial charge in [-0.1, -0.05) is 58.3 Å². The second-order valence-corrected chi connectivity index (χ2v) is 9.43. The highest BCUT2D eigenvalue weighted by molar-refractivity contribution is 8.13. The van der Waals surface area contributed by atoms with Crippen LogP contribution in [0.1, 0.15) is 85.0 Å². The van der Waals surface area contributed by atoms with Crippen molar-refractivity contribution in [2.24, 2.45) is 0 Å². The van der Waals surface area contributed by atoms with E-state index in [1.807, 2.05) is 13.8 Å². The van der Waals surface area contributed by atoms with Gasteiger partial charge in [0.05, 0.1) is 5.75 Å². The van der Waals surface area contributed by atoms with Crippen LogP contribution >= 0.6 is 11.8 Å². The molecule has 0 saturated heterocycles. The second kappa shape index (κ2) is 13.0. The van der Waals surface area contributed by atoms with E-state index in [1.165, 1.54) is 44.9 Å². The normalized spacial score (nSPS) is 12.3. The van der Waals surface area contributed by atoms with Gasteiger partial charge in [0.25, 0.3) is 10.1 Å². The number of hydrogen-bond acceptors (Lipinski definition) is 5. The lowest BCUT2D eigenvalue weighted by atomic mass is 9.99. The number of rotatable bonds is 14. The van der Waals surface area contributed by atoms with Crippen LogP contribution in [0.3, 0.4) is 0 Å². The van der Waals surface area contributed by atoms with E-state index in [0.29, 0.717) is 0 Å². The molecular weight excluding hydrogens is 348 g/mol. The second-order valence-electron chi connectivity index (χ2n) is 6.82. The smallest absolute Gasteiger partial charge is 0.367 e. The molecule has 0 amide bonds. The molecule has 5 nitrogen and oxygen atoms in total. The highest BCUT2D eigenvalue weighted by atomic mass is 32.2. The zero-order valence-electron chi connectivity index (χ0n) is 15.4. The topological polar surface area (TPSA) is 80.7 Å². The third-order valence-corrected chi connectivity index (χ3v) is 5.51. The van der Waals surface area contributed by atoms with Crippen LogP contribution in [0.5, 0.6) is 0 Å². The summed E-state index contributed by atoms with van der Waals surface area (Å²) in [4.78, 5) is 11.7. The van der Waals surface area contributed by atoms with Crippen molar-refractivity contribution in [1.29, 1.82) is 0 Å². The SMILES string of the molecule is CCCCCCCCCCCC(C)(C)OC(=O)SCCS(=O)(=O)O. The molecule has 0 atom stereocenters. The molecule has 0 rings (SSSR count). The molecule has 0 aliphatic carbocycles. The monoisotopic (exact) mass is 382 g/mol. The molecule has 0 spiro atoms. The number of thioether (sulfide) groups is 1. The van der Waals surface area contributed by atoms with Crippen LogP contribution in [0.2, 0.25) is 0 Å². The van der Waals surface area contributed by atoms with E-state index in [4.69, 9.17) is 9.29 Å².